The Kier molecular flexibility index (Phi) is 6.37. The van der Waals surface area contributed by atoms with E-state index in [1.807, 2.05) is 0 Å². The minimum absolute atomic E-state index is 0.00000344. The van der Waals surface area contributed by atoms with Crippen LogP contribution in [-0.2, 0) is 38.1 Å². The van der Waals surface area contributed by atoms with Crippen molar-refractivity contribution < 1.29 is 43.2 Å². The number of epoxide rings is 1. The first-order valence-corrected chi connectivity index (χ1v) is 12.7. The summed E-state index contributed by atoms with van der Waals surface area (Å²) in [7, 11) is 0. The van der Waals surface area contributed by atoms with E-state index in [0.717, 1.165) is 6.42 Å². The zero-order chi connectivity index (χ0) is 25.7. The molecule has 2 bridgehead atoms. The first kappa shape index (κ1) is 25.2. The van der Waals surface area contributed by atoms with Crippen LogP contribution in [0.4, 0.5) is 0 Å². The third-order valence-electron chi connectivity index (χ3n) is 9.12. The van der Waals surface area contributed by atoms with Crippen LogP contribution >= 0.6 is 0 Å². The number of cyclic esters (lactones) is 2. The lowest BCUT2D eigenvalue weighted by Crippen LogP contribution is -2.66. The number of carbonyl (C=O) groups is 3. The number of esters is 3. The van der Waals surface area contributed by atoms with Crippen LogP contribution < -0.4 is 0 Å². The topological polar surface area (TPSA) is 121 Å². The average Bonchev–Trinajstić information content (AvgIpc) is 3.62. The van der Waals surface area contributed by atoms with Crippen molar-refractivity contribution >= 4 is 17.9 Å². The van der Waals surface area contributed by atoms with Gasteiger partial charge in [0.2, 0.25) is 0 Å². The fourth-order valence-corrected chi connectivity index (χ4v) is 6.65. The fourth-order valence-electron chi connectivity index (χ4n) is 6.65. The molecule has 9 nitrogen and oxygen atoms in total. The predicted molar refractivity (Wildman–Crippen MR) is 125 cm³/mol. The van der Waals surface area contributed by atoms with Crippen molar-refractivity contribution in [3.05, 3.63) is 36.0 Å². The molecule has 0 aromatic carbocycles. The van der Waals surface area contributed by atoms with Gasteiger partial charge in [0.1, 0.15) is 18.3 Å². The van der Waals surface area contributed by atoms with Crippen molar-refractivity contribution in [2.75, 3.05) is 19.8 Å². The Bertz CT molecular complexity index is 1020. The molecule has 5 rings (SSSR count). The van der Waals surface area contributed by atoms with Crippen LogP contribution in [0.2, 0.25) is 0 Å². The van der Waals surface area contributed by atoms with E-state index in [9.17, 15) is 19.5 Å². The van der Waals surface area contributed by atoms with E-state index in [2.05, 4.69) is 19.9 Å². The maximum Gasteiger partial charge on any atom is 0.335 e. The Morgan fingerprint density at radius 1 is 1.03 bits per heavy atom. The van der Waals surface area contributed by atoms with Gasteiger partial charge in [-0.2, -0.15) is 0 Å². The van der Waals surface area contributed by atoms with Crippen LogP contribution in [-0.4, -0.2) is 72.9 Å². The first-order chi connectivity index (χ1) is 17.1. The summed E-state index contributed by atoms with van der Waals surface area (Å²) in [4.78, 5) is 37.6. The molecule has 36 heavy (non-hydrogen) atoms. The van der Waals surface area contributed by atoms with E-state index in [1.54, 1.807) is 6.92 Å². The van der Waals surface area contributed by atoms with E-state index in [1.165, 1.54) is 29.9 Å². The van der Waals surface area contributed by atoms with Gasteiger partial charge in [-0.25, -0.2) is 14.4 Å². The lowest BCUT2D eigenvalue weighted by Gasteiger charge is -2.58. The Labute approximate surface area is 210 Å². The molecule has 3 aliphatic heterocycles. The molecule has 0 radical (unpaired) electrons. The summed E-state index contributed by atoms with van der Waals surface area (Å²) >= 11 is 0. The third kappa shape index (κ3) is 3.83. The minimum Gasteiger partial charge on any atom is -0.463 e. The van der Waals surface area contributed by atoms with Crippen molar-refractivity contribution in [1.82, 2.24) is 0 Å². The van der Waals surface area contributed by atoms with Gasteiger partial charge in [-0.15, -0.1) is 0 Å². The normalized spacial score (nSPS) is 45.9. The highest BCUT2D eigenvalue weighted by Gasteiger charge is 2.83. The highest BCUT2D eigenvalue weighted by molar-refractivity contribution is 5.84. The first-order valence-electron chi connectivity index (χ1n) is 12.7. The number of aliphatic hydroxyl groups is 1. The SMILES string of the molecule is CC1=CC2OC3CC4OC(=O)C=C/C=C/C(=O)OCCC(C)C(O)C(=O)OCC2(CC1)C4(C)C31CO1. The van der Waals surface area contributed by atoms with Gasteiger partial charge in [0.15, 0.2) is 6.10 Å². The van der Waals surface area contributed by atoms with E-state index < -0.39 is 52.5 Å². The van der Waals surface area contributed by atoms with Crippen molar-refractivity contribution in [2.24, 2.45) is 16.7 Å². The molecule has 8 atom stereocenters. The fraction of sp³-hybridized carbons (Fsp3) is 0.667. The van der Waals surface area contributed by atoms with E-state index in [-0.39, 0.29) is 31.8 Å². The van der Waals surface area contributed by atoms with Gasteiger partial charge in [0.25, 0.3) is 0 Å². The molecule has 0 aromatic rings. The summed E-state index contributed by atoms with van der Waals surface area (Å²) in [6, 6.07) is 0. The maximum absolute atomic E-state index is 12.9. The summed E-state index contributed by atoms with van der Waals surface area (Å²) in [6.07, 6.45) is 7.11. The van der Waals surface area contributed by atoms with Crippen molar-refractivity contribution in [3.63, 3.8) is 0 Å². The molecule has 196 valence electrons. The van der Waals surface area contributed by atoms with Crippen LogP contribution in [0.15, 0.2) is 36.0 Å². The van der Waals surface area contributed by atoms with Crippen LogP contribution in [0.3, 0.4) is 0 Å². The van der Waals surface area contributed by atoms with Gasteiger partial charge in [0.05, 0.1) is 30.8 Å². The van der Waals surface area contributed by atoms with Crippen LogP contribution in [0, 0.1) is 16.7 Å². The van der Waals surface area contributed by atoms with Gasteiger partial charge in [-0.05, 0) is 32.1 Å². The molecule has 1 N–H and O–H groups in total. The monoisotopic (exact) mass is 502 g/mol. The average molecular weight is 503 g/mol. The molecule has 5 aliphatic rings. The largest absolute Gasteiger partial charge is 0.463 e. The van der Waals surface area contributed by atoms with Crippen LogP contribution in [0.25, 0.3) is 0 Å². The molecule has 2 spiro atoms. The van der Waals surface area contributed by atoms with E-state index in [4.69, 9.17) is 23.7 Å². The zero-order valence-corrected chi connectivity index (χ0v) is 20.9. The molecular weight excluding hydrogens is 468 g/mol. The number of ether oxygens (including phenoxy) is 5. The molecule has 8 unspecified atom stereocenters. The second kappa shape index (κ2) is 9.11. The van der Waals surface area contributed by atoms with Gasteiger partial charge in [-0.1, -0.05) is 37.6 Å². The number of carbonyl (C=O) groups excluding carboxylic acids is 3. The Morgan fingerprint density at radius 3 is 2.47 bits per heavy atom. The van der Waals surface area contributed by atoms with Gasteiger partial charge in [0, 0.05) is 24.0 Å². The van der Waals surface area contributed by atoms with Gasteiger partial charge < -0.3 is 28.8 Å². The molecule has 0 aromatic heterocycles. The molecule has 9 heteroatoms. The quantitative estimate of drug-likeness (QED) is 0.230. The molecule has 2 saturated heterocycles. The van der Waals surface area contributed by atoms with Crippen molar-refractivity contribution in [3.8, 4) is 0 Å². The molecular formula is C27H34O9. The smallest absolute Gasteiger partial charge is 0.335 e. The number of allylic oxidation sites excluding steroid dienone is 3. The highest BCUT2D eigenvalue weighted by atomic mass is 16.6. The zero-order valence-electron chi connectivity index (χ0n) is 20.9. The van der Waals surface area contributed by atoms with Crippen molar-refractivity contribution in [2.45, 2.75) is 76.5 Å². The Balaban J connectivity index is 1.52. The van der Waals surface area contributed by atoms with E-state index >= 15 is 0 Å². The molecule has 1 saturated carbocycles. The third-order valence-corrected chi connectivity index (χ3v) is 9.12. The molecule has 2 aliphatic carbocycles. The second-order valence-electron chi connectivity index (χ2n) is 11.0. The number of rotatable bonds is 0. The van der Waals surface area contributed by atoms with Gasteiger partial charge in [-0.3, -0.25) is 0 Å². The number of hydrogen-bond acceptors (Lipinski definition) is 9. The second-order valence-corrected chi connectivity index (χ2v) is 11.0. The highest BCUT2D eigenvalue weighted by Crippen LogP contribution is 2.72. The summed E-state index contributed by atoms with van der Waals surface area (Å²) in [5.41, 5.74) is -0.820. The summed E-state index contributed by atoms with van der Waals surface area (Å²) in [6.45, 7) is 6.34. The van der Waals surface area contributed by atoms with Gasteiger partial charge >= 0.3 is 17.9 Å². The number of hydrogen-bond donors (Lipinski definition) is 1. The van der Waals surface area contributed by atoms with Crippen molar-refractivity contribution in [1.29, 1.82) is 0 Å². The van der Waals surface area contributed by atoms with Crippen LogP contribution in [0.1, 0.15) is 46.5 Å². The number of aliphatic hydroxyl groups excluding tert-OH is 1. The predicted octanol–water partition coefficient (Wildman–Crippen LogP) is 2.17. The lowest BCUT2D eigenvalue weighted by atomic mass is 9.51. The molecule has 3 fully saturated rings. The standard InChI is InChI=1S/C27H34O9/c1-16-8-10-26-14-33-24(31)23(30)17(2)9-11-32-21(28)6-4-5-7-22(29)36-18-13-20(35-19(26)12-16)27(15-34-27)25(18,26)3/h4-7,12,17-20,23,30H,8-11,13-15H2,1-3H3/b6-4+,7-5?. The van der Waals surface area contributed by atoms with E-state index in [0.29, 0.717) is 19.4 Å². The molecule has 3 heterocycles. The Hall–Kier alpha value is -2.49. The maximum atomic E-state index is 12.9. The lowest BCUT2D eigenvalue weighted by molar-refractivity contribution is -0.234. The minimum atomic E-state index is -1.37. The molecule has 0 amide bonds. The Morgan fingerprint density at radius 2 is 1.75 bits per heavy atom. The summed E-state index contributed by atoms with van der Waals surface area (Å²) in [5, 5.41) is 10.6. The summed E-state index contributed by atoms with van der Waals surface area (Å²) < 4.78 is 29.6. The van der Waals surface area contributed by atoms with Crippen LogP contribution in [0.5, 0.6) is 0 Å². The summed E-state index contributed by atoms with van der Waals surface area (Å²) in [5.74, 6) is -2.34.